The van der Waals surface area contributed by atoms with Crippen LogP contribution in [0.25, 0.3) is 5.57 Å². The van der Waals surface area contributed by atoms with E-state index in [9.17, 15) is 14.7 Å². The summed E-state index contributed by atoms with van der Waals surface area (Å²) in [5.41, 5.74) is 4.19. The predicted octanol–water partition coefficient (Wildman–Crippen LogP) is 2.88. The Morgan fingerprint density at radius 3 is 2.16 bits per heavy atom. The van der Waals surface area contributed by atoms with Crippen molar-refractivity contribution < 1.29 is 14.7 Å². The first kappa shape index (κ1) is 13.3. The Kier molecular flexibility index (Phi) is 3.14. The molecule has 3 heteroatoms. The number of phenols is 1. The summed E-state index contributed by atoms with van der Waals surface area (Å²) >= 11 is 0. The molecule has 0 aromatic heterocycles. The minimum Gasteiger partial charge on any atom is -0.508 e. The van der Waals surface area contributed by atoms with Crippen LogP contribution in [-0.2, 0) is 9.59 Å². The molecule has 0 amide bonds. The van der Waals surface area contributed by atoms with E-state index in [0.29, 0.717) is 11.1 Å². The van der Waals surface area contributed by atoms with Gasteiger partial charge in [0.05, 0.1) is 0 Å². The number of hydrogen-bond donors (Lipinski definition) is 1. The number of aryl methyl sites for hydroxylation is 2. The number of carbonyl (C=O) groups is 2. The Balaban J connectivity index is 2.69. The molecule has 0 saturated carbocycles. The molecule has 1 aliphatic carbocycles. The van der Waals surface area contributed by atoms with Gasteiger partial charge in [0.15, 0.2) is 0 Å². The lowest BCUT2D eigenvalue weighted by Crippen LogP contribution is -2.20. The molecule has 1 aromatic rings. The first-order chi connectivity index (χ1) is 8.82. The molecule has 0 bridgehead atoms. The second-order valence-electron chi connectivity index (χ2n) is 4.98. The van der Waals surface area contributed by atoms with Crippen molar-refractivity contribution >= 4 is 17.1 Å². The SMILES string of the molecule is CC1=CC(c2cc(C)c(O)cc2C)=C(C)C(=O)C1=O. The van der Waals surface area contributed by atoms with Gasteiger partial charge in [0.2, 0.25) is 11.6 Å². The number of benzene rings is 1. The average molecular weight is 256 g/mol. The second-order valence-corrected chi connectivity index (χ2v) is 4.98. The fourth-order valence-corrected chi connectivity index (χ4v) is 2.23. The van der Waals surface area contributed by atoms with Crippen molar-refractivity contribution in [2.75, 3.05) is 0 Å². The Labute approximate surface area is 112 Å². The topological polar surface area (TPSA) is 54.4 Å². The highest BCUT2D eigenvalue weighted by Gasteiger charge is 2.26. The van der Waals surface area contributed by atoms with Crippen LogP contribution in [0, 0.1) is 13.8 Å². The summed E-state index contributed by atoms with van der Waals surface area (Å²) in [6.45, 7) is 6.99. The van der Waals surface area contributed by atoms with Gasteiger partial charge >= 0.3 is 0 Å². The zero-order valence-electron chi connectivity index (χ0n) is 11.5. The molecule has 0 aliphatic heterocycles. The summed E-state index contributed by atoms with van der Waals surface area (Å²) in [5, 5.41) is 9.68. The van der Waals surface area contributed by atoms with Crippen LogP contribution in [0.3, 0.4) is 0 Å². The molecule has 19 heavy (non-hydrogen) atoms. The van der Waals surface area contributed by atoms with Crippen LogP contribution in [0.2, 0.25) is 0 Å². The van der Waals surface area contributed by atoms with Crippen LogP contribution < -0.4 is 0 Å². The van der Waals surface area contributed by atoms with Crippen LogP contribution in [0.5, 0.6) is 5.75 Å². The number of phenolic OH excluding ortho intramolecular Hbond substituents is 1. The highest BCUT2D eigenvalue weighted by Crippen LogP contribution is 2.32. The molecule has 3 nitrogen and oxygen atoms in total. The molecular formula is C16H16O3. The van der Waals surface area contributed by atoms with Gasteiger partial charge in [0, 0.05) is 11.1 Å². The minimum atomic E-state index is -0.444. The maximum absolute atomic E-state index is 11.9. The molecule has 0 heterocycles. The van der Waals surface area contributed by atoms with Gasteiger partial charge in [-0.3, -0.25) is 9.59 Å². The number of aromatic hydroxyl groups is 1. The second kappa shape index (κ2) is 4.50. The molecular weight excluding hydrogens is 240 g/mol. The Morgan fingerprint density at radius 1 is 0.895 bits per heavy atom. The zero-order valence-corrected chi connectivity index (χ0v) is 11.5. The van der Waals surface area contributed by atoms with Crippen molar-refractivity contribution in [1.29, 1.82) is 0 Å². The van der Waals surface area contributed by atoms with Crippen LogP contribution in [-0.4, -0.2) is 16.7 Å². The summed E-state index contributed by atoms with van der Waals surface area (Å²) in [4.78, 5) is 23.5. The lowest BCUT2D eigenvalue weighted by molar-refractivity contribution is -0.132. The lowest BCUT2D eigenvalue weighted by atomic mass is 9.86. The van der Waals surface area contributed by atoms with Crippen LogP contribution in [0.1, 0.15) is 30.5 Å². The van der Waals surface area contributed by atoms with Crippen LogP contribution in [0.15, 0.2) is 29.4 Å². The van der Waals surface area contributed by atoms with Gasteiger partial charge in [-0.25, -0.2) is 0 Å². The Bertz CT molecular complexity index is 657. The van der Waals surface area contributed by atoms with Crippen molar-refractivity contribution in [3.05, 3.63) is 46.0 Å². The van der Waals surface area contributed by atoms with Gasteiger partial charge in [0.25, 0.3) is 0 Å². The fourth-order valence-electron chi connectivity index (χ4n) is 2.23. The number of ketones is 2. The maximum atomic E-state index is 11.9. The quantitative estimate of drug-likeness (QED) is 0.621. The number of Topliss-reactive ketones (excluding diaryl/α,β-unsaturated/α-hetero) is 2. The van der Waals surface area contributed by atoms with E-state index in [1.807, 2.05) is 13.0 Å². The largest absolute Gasteiger partial charge is 0.508 e. The molecule has 98 valence electrons. The van der Waals surface area contributed by atoms with Crippen LogP contribution in [0.4, 0.5) is 0 Å². The van der Waals surface area contributed by atoms with Gasteiger partial charge in [-0.2, -0.15) is 0 Å². The molecule has 0 atom stereocenters. The summed E-state index contributed by atoms with van der Waals surface area (Å²) in [5.74, 6) is -0.645. The van der Waals surface area contributed by atoms with Crippen molar-refractivity contribution in [2.45, 2.75) is 27.7 Å². The van der Waals surface area contributed by atoms with E-state index in [2.05, 4.69) is 0 Å². The Hall–Kier alpha value is -2.16. The number of carbonyl (C=O) groups excluding carboxylic acids is 2. The van der Waals surface area contributed by atoms with E-state index in [4.69, 9.17) is 0 Å². The summed E-state index contributed by atoms with van der Waals surface area (Å²) in [6.07, 6.45) is 1.75. The number of hydrogen-bond acceptors (Lipinski definition) is 3. The first-order valence-electron chi connectivity index (χ1n) is 6.11. The first-order valence-corrected chi connectivity index (χ1v) is 6.11. The van der Waals surface area contributed by atoms with Gasteiger partial charge in [0.1, 0.15) is 5.75 Å². The molecule has 1 N–H and O–H groups in total. The third-order valence-corrected chi connectivity index (χ3v) is 3.50. The van der Waals surface area contributed by atoms with Crippen molar-refractivity contribution in [3.63, 3.8) is 0 Å². The number of rotatable bonds is 1. The van der Waals surface area contributed by atoms with Crippen molar-refractivity contribution in [2.24, 2.45) is 0 Å². The van der Waals surface area contributed by atoms with Gasteiger partial charge in [-0.15, -0.1) is 0 Å². The number of allylic oxidation sites excluding steroid dienone is 4. The molecule has 0 spiro atoms. The van der Waals surface area contributed by atoms with Gasteiger partial charge in [-0.1, -0.05) is 0 Å². The van der Waals surface area contributed by atoms with Gasteiger partial charge < -0.3 is 5.11 Å². The third kappa shape index (κ3) is 2.12. The molecule has 1 aromatic carbocycles. The molecule has 0 saturated heterocycles. The highest BCUT2D eigenvalue weighted by molar-refractivity contribution is 6.51. The third-order valence-electron chi connectivity index (χ3n) is 3.50. The van der Waals surface area contributed by atoms with Crippen molar-refractivity contribution in [1.82, 2.24) is 0 Å². The normalized spacial score (nSPS) is 15.9. The average Bonchev–Trinajstić information content (AvgIpc) is 2.36. The van der Waals surface area contributed by atoms with E-state index < -0.39 is 11.6 Å². The summed E-state index contributed by atoms with van der Waals surface area (Å²) < 4.78 is 0. The van der Waals surface area contributed by atoms with Gasteiger partial charge in [-0.05, 0) is 68.2 Å². The monoisotopic (exact) mass is 256 g/mol. The predicted molar refractivity (Wildman–Crippen MR) is 73.9 cm³/mol. The van der Waals surface area contributed by atoms with Crippen LogP contribution >= 0.6 is 0 Å². The van der Waals surface area contributed by atoms with E-state index in [-0.39, 0.29) is 5.75 Å². The van der Waals surface area contributed by atoms with E-state index in [1.54, 1.807) is 32.9 Å². The van der Waals surface area contributed by atoms with E-state index >= 15 is 0 Å². The fraction of sp³-hybridized carbons (Fsp3) is 0.250. The van der Waals surface area contributed by atoms with E-state index in [1.165, 1.54) is 0 Å². The standard InChI is InChI=1S/C16H16O3/c1-8-7-14(17)9(2)5-12(8)13-6-10(3)15(18)16(19)11(13)4/h5-7,17H,1-4H3. The summed E-state index contributed by atoms with van der Waals surface area (Å²) in [6, 6.07) is 3.52. The molecule has 0 unspecified atom stereocenters. The Morgan fingerprint density at radius 2 is 1.53 bits per heavy atom. The summed E-state index contributed by atoms with van der Waals surface area (Å²) in [7, 11) is 0. The highest BCUT2D eigenvalue weighted by atomic mass is 16.3. The maximum Gasteiger partial charge on any atom is 0.229 e. The molecule has 1 aliphatic rings. The van der Waals surface area contributed by atoms with Crippen molar-refractivity contribution in [3.8, 4) is 5.75 Å². The molecule has 2 rings (SSSR count). The molecule has 0 fully saturated rings. The lowest BCUT2D eigenvalue weighted by Gasteiger charge is -2.17. The minimum absolute atomic E-state index is 0.235. The van der Waals surface area contributed by atoms with E-state index in [0.717, 1.165) is 22.3 Å². The molecule has 0 radical (unpaired) electrons. The zero-order chi connectivity index (χ0) is 14.3. The smallest absolute Gasteiger partial charge is 0.229 e.